The van der Waals surface area contributed by atoms with Gasteiger partial charge >= 0.3 is 0 Å². The van der Waals surface area contributed by atoms with Gasteiger partial charge in [-0.25, -0.2) is 9.97 Å². The quantitative estimate of drug-likeness (QED) is 0.0729. The van der Waals surface area contributed by atoms with E-state index in [1.54, 1.807) is 14.2 Å². The number of aryl methyl sites for hydroxylation is 2. The van der Waals surface area contributed by atoms with Gasteiger partial charge in [-0.05, 0) is 128 Å². The summed E-state index contributed by atoms with van der Waals surface area (Å²) < 4.78 is 14.8. The monoisotopic (exact) mass is 1220 g/mol. The fraction of sp³-hybridized carbons (Fsp3) is 0.0513. The number of methoxy groups -OCH3 is 2. The number of hydrogen-bond acceptors (Lipinski definition) is 6. The first-order valence-electron chi connectivity index (χ1n) is 28.6. The summed E-state index contributed by atoms with van der Waals surface area (Å²) in [7, 11) is 7.52. The second-order valence-electron chi connectivity index (χ2n) is 20.7. The maximum absolute atomic E-state index is 5.21. The predicted octanol–water partition coefficient (Wildman–Crippen LogP) is 17.6. The number of nitrogens with zero attached hydrogens (tertiary/aromatic N) is 6. The molecule has 0 bridgehead atoms. The Bertz CT molecular complexity index is 4410. The number of rotatable bonds is 11. The SMILES string of the molecule is COc1ccc(/C=C/c2ccnc(-c3cc(/C=C/c4ccc(OC)cc4)ccn3)c2)cc1.C[n+]1ccc(-c2ccccc2)c2ccc3c(-c4ccccc4)ccnc3c21.C[n+]1ccc(-c2ccccc2)c2ccc3c(-c4ccccc4)ccnc3c21.[Ru]. The Morgan fingerprint density at radius 1 is 0.310 bits per heavy atom. The molecule has 0 N–H and O–H groups in total. The molecule has 0 unspecified atom stereocenters. The Hall–Kier alpha value is -10.6. The molecule has 0 aliphatic heterocycles. The first-order chi connectivity index (χ1) is 42.4. The molecule has 0 fully saturated rings. The van der Waals surface area contributed by atoms with Crippen molar-refractivity contribution >= 4 is 67.9 Å². The molecule has 0 atom stereocenters. The van der Waals surface area contributed by atoms with E-state index in [1.165, 1.54) is 66.1 Å². The van der Waals surface area contributed by atoms with Gasteiger partial charge in [0.1, 0.15) is 36.6 Å². The second-order valence-corrected chi connectivity index (χ2v) is 20.7. The maximum Gasteiger partial charge on any atom is 0.239 e. The van der Waals surface area contributed by atoms with E-state index in [2.05, 4.69) is 240 Å². The maximum atomic E-state index is 5.21. The van der Waals surface area contributed by atoms with E-state index in [0.717, 1.165) is 67.2 Å². The van der Waals surface area contributed by atoms with Crippen LogP contribution in [0.4, 0.5) is 0 Å². The van der Waals surface area contributed by atoms with Gasteiger partial charge in [-0.2, -0.15) is 9.13 Å². The van der Waals surface area contributed by atoms with Crippen molar-refractivity contribution < 1.29 is 38.1 Å². The van der Waals surface area contributed by atoms with Gasteiger partial charge in [0.2, 0.25) is 11.0 Å². The average molecular weight is 1220 g/mol. The molecule has 14 rings (SSSR count). The Kier molecular flexibility index (Phi) is 18.3. The topological polar surface area (TPSA) is 77.8 Å². The zero-order valence-electron chi connectivity index (χ0n) is 48.7. The Morgan fingerprint density at radius 3 is 0.966 bits per heavy atom. The van der Waals surface area contributed by atoms with Crippen LogP contribution in [0.15, 0.2) is 280 Å². The molecule has 0 radical (unpaired) electrons. The number of fused-ring (bicyclic) bond motifs is 6. The van der Waals surface area contributed by atoms with Gasteiger partial charge in [-0.3, -0.25) is 9.97 Å². The summed E-state index contributed by atoms with van der Waals surface area (Å²) in [6.07, 6.45) is 20.0. The third-order valence-electron chi connectivity index (χ3n) is 15.3. The first-order valence-corrected chi connectivity index (χ1v) is 28.6. The molecular weight excluding hydrogens is 1150 g/mol. The molecule has 87 heavy (non-hydrogen) atoms. The Balaban J connectivity index is 0.000000135. The van der Waals surface area contributed by atoms with Gasteiger partial charge in [-0.15, -0.1) is 0 Å². The van der Waals surface area contributed by atoms with Crippen LogP contribution in [0.25, 0.3) is 124 Å². The van der Waals surface area contributed by atoms with Crippen LogP contribution in [0.2, 0.25) is 0 Å². The molecule has 0 aliphatic rings. The van der Waals surface area contributed by atoms with Crippen molar-refractivity contribution in [3.05, 3.63) is 302 Å². The third kappa shape index (κ3) is 13.2. The van der Waals surface area contributed by atoms with Gasteiger partial charge in [0.05, 0.1) is 36.4 Å². The van der Waals surface area contributed by atoms with Gasteiger partial charge < -0.3 is 9.47 Å². The van der Waals surface area contributed by atoms with Crippen molar-refractivity contribution in [3.8, 4) is 67.4 Å². The van der Waals surface area contributed by atoms with Crippen molar-refractivity contribution in [1.82, 2.24) is 19.9 Å². The average Bonchev–Trinajstić information content (AvgIpc) is 1.04. The van der Waals surface area contributed by atoms with Gasteiger partial charge in [0, 0.05) is 78.3 Å². The summed E-state index contributed by atoms with van der Waals surface area (Å²) in [6, 6.07) is 83.5. The zero-order chi connectivity index (χ0) is 58.6. The van der Waals surface area contributed by atoms with Gasteiger partial charge in [-0.1, -0.05) is 182 Å². The normalized spacial score (nSPS) is 11.0. The third-order valence-corrected chi connectivity index (χ3v) is 15.3. The predicted molar refractivity (Wildman–Crippen MR) is 354 cm³/mol. The summed E-state index contributed by atoms with van der Waals surface area (Å²) in [4.78, 5) is 18.6. The van der Waals surface area contributed by atoms with Crippen molar-refractivity contribution in [2.24, 2.45) is 14.1 Å². The molecule has 0 saturated carbocycles. The van der Waals surface area contributed by atoms with E-state index >= 15 is 0 Å². The number of pyridine rings is 6. The van der Waals surface area contributed by atoms with Crippen LogP contribution in [-0.4, -0.2) is 34.2 Å². The van der Waals surface area contributed by atoms with Crippen molar-refractivity contribution in [1.29, 1.82) is 0 Å². The van der Waals surface area contributed by atoms with E-state index in [0.29, 0.717) is 0 Å². The molecule has 8 nitrogen and oxygen atoms in total. The van der Waals surface area contributed by atoms with Crippen LogP contribution in [-0.2, 0) is 33.6 Å². The van der Waals surface area contributed by atoms with Crippen molar-refractivity contribution in [2.45, 2.75) is 0 Å². The van der Waals surface area contributed by atoms with E-state index in [1.807, 2.05) is 97.6 Å². The molecule has 0 spiro atoms. The molecule has 14 aromatic rings. The van der Waals surface area contributed by atoms with Crippen molar-refractivity contribution in [2.75, 3.05) is 14.2 Å². The van der Waals surface area contributed by atoms with Crippen LogP contribution in [0.1, 0.15) is 22.3 Å². The molecule has 6 heterocycles. The molecule has 0 amide bonds. The molecule has 0 aliphatic carbocycles. The molecule has 6 aromatic heterocycles. The van der Waals surface area contributed by atoms with Gasteiger partial charge in [0.25, 0.3) is 0 Å². The summed E-state index contributed by atoms with van der Waals surface area (Å²) in [5.74, 6) is 1.70. The van der Waals surface area contributed by atoms with Crippen LogP contribution < -0.4 is 18.6 Å². The minimum Gasteiger partial charge on any atom is -0.497 e. The van der Waals surface area contributed by atoms with Crippen LogP contribution in [0, 0.1) is 0 Å². The summed E-state index contributed by atoms with van der Waals surface area (Å²) in [5, 5.41) is 4.79. The van der Waals surface area contributed by atoms with Crippen LogP contribution >= 0.6 is 0 Å². The summed E-state index contributed by atoms with van der Waals surface area (Å²) in [6.45, 7) is 0. The Morgan fingerprint density at radius 2 is 0.621 bits per heavy atom. The van der Waals surface area contributed by atoms with E-state index in [9.17, 15) is 0 Å². The summed E-state index contributed by atoms with van der Waals surface area (Å²) >= 11 is 0. The van der Waals surface area contributed by atoms with E-state index in [-0.39, 0.29) is 19.5 Å². The number of ether oxygens (including phenoxy) is 2. The fourth-order valence-electron chi connectivity index (χ4n) is 10.9. The van der Waals surface area contributed by atoms with E-state index < -0.39 is 0 Å². The fourth-order valence-corrected chi connectivity index (χ4v) is 10.9. The number of aromatic nitrogens is 6. The van der Waals surface area contributed by atoms with Crippen LogP contribution in [0.3, 0.4) is 0 Å². The number of benzene rings is 8. The molecular formula is C78H62N6O2Ru+2. The molecule has 422 valence electrons. The van der Waals surface area contributed by atoms with Crippen molar-refractivity contribution in [3.63, 3.8) is 0 Å². The van der Waals surface area contributed by atoms with Gasteiger partial charge in [0.15, 0.2) is 12.4 Å². The molecule has 0 saturated heterocycles. The molecule has 8 aromatic carbocycles. The standard InChI is InChI=1S/C28H24N2O2.2C25H19N2.Ru/c1-31-25-11-7-21(8-12-25)3-5-23-15-17-29-27(19-23)28-20-24(16-18-30-28)6-4-22-9-13-26(32-2)14-10-22;2*1-27-17-15-21(19-10-6-3-7-11-19)23-13-12-22-20(18-8-4-2-5-9-18)14-16-26-24(22)25(23)27;/h3-20H,1-2H3;2*2-17H,1H3;/q;2*+1;/b5-3+,6-4+;;;. The Labute approximate surface area is 520 Å². The van der Waals surface area contributed by atoms with E-state index in [4.69, 9.17) is 19.4 Å². The zero-order valence-corrected chi connectivity index (χ0v) is 50.5. The molecule has 9 heteroatoms. The largest absolute Gasteiger partial charge is 0.497 e. The van der Waals surface area contributed by atoms with Crippen LogP contribution in [0.5, 0.6) is 11.5 Å². The minimum atomic E-state index is 0. The second kappa shape index (κ2) is 27.4. The minimum absolute atomic E-state index is 0. The summed E-state index contributed by atoms with van der Waals surface area (Å²) in [5.41, 5.74) is 20.2. The first kappa shape index (κ1) is 58.2. The number of hydrogen-bond donors (Lipinski definition) is 0. The smallest absolute Gasteiger partial charge is 0.239 e.